The van der Waals surface area contributed by atoms with Gasteiger partial charge in [-0.2, -0.15) is 0 Å². The molecule has 1 atom stereocenters. The van der Waals surface area contributed by atoms with Gasteiger partial charge in [-0.25, -0.2) is 4.68 Å². The molecule has 2 heterocycles. The second-order valence-corrected chi connectivity index (χ2v) is 10.3. The number of nitrogens with zero attached hydrogens (tertiary/aromatic N) is 5. The number of para-hydroxylation sites is 1. The Hall–Kier alpha value is -3.52. The highest BCUT2D eigenvalue weighted by atomic mass is 16.5. The molecule has 4 aromatic rings. The highest BCUT2D eigenvalue weighted by Crippen LogP contribution is 2.30. The van der Waals surface area contributed by atoms with E-state index in [-0.39, 0.29) is 17.1 Å². The molecule has 0 bridgehead atoms. The number of tetrazole rings is 1. The number of methoxy groups -OCH3 is 1. The van der Waals surface area contributed by atoms with E-state index in [0.29, 0.717) is 13.1 Å². The van der Waals surface area contributed by atoms with Gasteiger partial charge in [-0.3, -0.25) is 9.69 Å². The van der Waals surface area contributed by atoms with Gasteiger partial charge in [-0.05, 0) is 79.3 Å². The molecule has 0 amide bonds. The summed E-state index contributed by atoms with van der Waals surface area (Å²) in [7, 11) is 1.67. The normalized spacial score (nSPS) is 12.9. The molecule has 8 heteroatoms. The molecule has 0 aliphatic heterocycles. The topological polar surface area (TPSA) is 88.9 Å². The monoisotopic (exact) mass is 488 g/mol. The van der Waals surface area contributed by atoms with Gasteiger partial charge in [-0.15, -0.1) is 5.10 Å². The van der Waals surface area contributed by atoms with Crippen LogP contribution in [0.5, 0.6) is 5.75 Å². The number of aromatic nitrogens is 5. The minimum atomic E-state index is -0.269. The summed E-state index contributed by atoms with van der Waals surface area (Å²) in [6, 6.07) is 16.1. The van der Waals surface area contributed by atoms with Crippen LogP contribution in [0, 0.1) is 6.92 Å². The molecule has 4 rings (SSSR count). The number of aromatic amines is 1. The second kappa shape index (κ2) is 10.6. The van der Waals surface area contributed by atoms with Crippen LogP contribution in [0.2, 0.25) is 0 Å². The lowest BCUT2D eigenvalue weighted by molar-refractivity contribution is 0.148. The molecule has 36 heavy (non-hydrogen) atoms. The quantitative estimate of drug-likeness (QED) is 0.351. The van der Waals surface area contributed by atoms with Crippen molar-refractivity contribution < 1.29 is 4.74 Å². The molecule has 2 aromatic heterocycles. The molecule has 8 nitrogen and oxygen atoms in total. The fourth-order valence-corrected chi connectivity index (χ4v) is 4.63. The fourth-order valence-electron chi connectivity index (χ4n) is 4.63. The van der Waals surface area contributed by atoms with Crippen molar-refractivity contribution in [1.29, 1.82) is 0 Å². The number of H-pyrrole nitrogens is 1. The zero-order valence-electron chi connectivity index (χ0n) is 22.1. The van der Waals surface area contributed by atoms with Gasteiger partial charge >= 0.3 is 0 Å². The Morgan fingerprint density at radius 3 is 2.53 bits per heavy atom. The number of nitrogens with one attached hydrogen (secondary N) is 1. The Bertz CT molecular complexity index is 1370. The first kappa shape index (κ1) is 25.6. The number of benzene rings is 2. The first-order valence-corrected chi connectivity index (χ1v) is 12.5. The van der Waals surface area contributed by atoms with Crippen molar-refractivity contribution in [1.82, 2.24) is 30.1 Å². The Morgan fingerprint density at radius 2 is 1.86 bits per heavy atom. The summed E-state index contributed by atoms with van der Waals surface area (Å²) in [6.07, 6.45) is 1.81. The van der Waals surface area contributed by atoms with Crippen LogP contribution in [0.15, 0.2) is 53.3 Å². The van der Waals surface area contributed by atoms with Crippen LogP contribution in [-0.2, 0) is 18.6 Å². The van der Waals surface area contributed by atoms with Crippen LogP contribution in [0.1, 0.15) is 69.1 Å². The smallest absolute Gasteiger partial charge is 0.252 e. The molecule has 0 spiro atoms. The van der Waals surface area contributed by atoms with Gasteiger partial charge < -0.3 is 9.72 Å². The molecule has 0 aliphatic rings. The van der Waals surface area contributed by atoms with Gasteiger partial charge in [0, 0.05) is 18.7 Å². The highest BCUT2D eigenvalue weighted by molar-refractivity contribution is 5.81. The maximum atomic E-state index is 13.2. The molecule has 0 aliphatic carbocycles. The van der Waals surface area contributed by atoms with E-state index >= 15 is 0 Å². The Labute approximate surface area is 212 Å². The molecule has 0 saturated carbocycles. The van der Waals surface area contributed by atoms with Crippen LogP contribution in [0.25, 0.3) is 10.9 Å². The third-order valence-electron chi connectivity index (χ3n) is 6.51. The predicted octanol–water partition coefficient (Wildman–Crippen LogP) is 5.13. The van der Waals surface area contributed by atoms with Gasteiger partial charge in [-0.1, -0.05) is 43.7 Å². The number of hydrogen-bond acceptors (Lipinski definition) is 6. The first-order chi connectivity index (χ1) is 17.2. The molecule has 0 fully saturated rings. The van der Waals surface area contributed by atoms with Gasteiger partial charge in [0.05, 0.1) is 24.2 Å². The van der Waals surface area contributed by atoms with Crippen molar-refractivity contribution in [2.24, 2.45) is 0 Å². The van der Waals surface area contributed by atoms with E-state index in [4.69, 9.17) is 4.74 Å². The number of fused-ring (bicyclic) bond motifs is 1. The number of pyridine rings is 1. The minimum absolute atomic E-state index is 0.0674. The predicted molar refractivity (Wildman–Crippen MR) is 142 cm³/mol. The third kappa shape index (κ3) is 5.49. The molecular weight excluding hydrogens is 452 g/mol. The van der Waals surface area contributed by atoms with E-state index in [0.717, 1.165) is 52.0 Å². The number of aryl methyl sites for hydroxylation is 1. The maximum Gasteiger partial charge on any atom is 0.252 e. The van der Waals surface area contributed by atoms with Gasteiger partial charge in [0.25, 0.3) is 5.56 Å². The van der Waals surface area contributed by atoms with Crippen LogP contribution in [0.4, 0.5) is 0 Å². The van der Waals surface area contributed by atoms with E-state index in [1.807, 2.05) is 48.0 Å². The maximum absolute atomic E-state index is 13.2. The van der Waals surface area contributed by atoms with Crippen molar-refractivity contribution in [3.05, 3.63) is 81.4 Å². The Morgan fingerprint density at radius 1 is 1.11 bits per heavy atom. The third-order valence-corrected chi connectivity index (χ3v) is 6.51. The van der Waals surface area contributed by atoms with E-state index in [9.17, 15) is 4.79 Å². The summed E-state index contributed by atoms with van der Waals surface area (Å²) in [4.78, 5) is 18.6. The van der Waals surface area contributed by atoms with E-state index in [2.05, 4.69) is 65.2 Å². The molecule has 2 aromatic carbocycles. The minimum Gasteiger partial charge on any atom is -0.497 e. The summed E-state index contributed by atoms with van der Waals surface area (Å²) in [5.41, 5.74) is 3.45. The van der Waals surface area contributed by atoms with Crippen LogP contribution in [0.3, 0.4) is 0 Å². The summed E-state index contributed by atoms with van der Waals surface area (Å²) in [5, 5.41) is 13.9. The zero-order chi connectivity index (χ0) is 25.9. The van der Waals surface area contributed by atoms with Crippen LogP contribution < -0.4 is 10.3 Å². The Balaban J connectivity index is 1.79. The van der Waals surface area contributed by atoms with Crippen molar-refractivity contribution in [2.45, 2.75) is 72.1 Å². The Kier molecular flexibility index (Phi) is 7.54. The lowest BCUT2D eigenvalue weighted by Crippen LogP contribution is -2.35. The number of hydrogen-bond donors (Lipinski definition) is 1. The SMILES string of the molecule is CCC[C@H](c1nnnn1C(C)(C)C)N(Cc1ccc(OC)cc1)Cc1cc2cccc(C)c2[nH]c1=O. The number of ether oxygens (including phenoxy) is 1. The summed E-state index contributed by atoms with van der Waals surface area (Å²) < 4.78 is 7.25. The fraction of sp³-hybridized carbons (Fsp3) is 0.429. The van der Waals surface area contributed by atoms with Crippen LogP contribution >= 0.6 is 0 Å². The average Bonchev–Trinajstić information content (AvgIpc) is 3.34. The van der Waals surface area contributed by atoms with Crippen molar-refractivity contribution >= 4 is 10.9 Å². The molecule has 0 unspecified atom stereocenters. The van der Waals surface area contributed by atoms with E-state index in [1.165, 1.54) is 0 Å². The molecule has 0 radical (unpaired) electrons. The average molecular weight is 489 g/mol. The standard InChI is InChI=1S/C28H36N6O2/c1-7-9-24(26-30-31-32-34(26)28(3,4)5)33(17-20-12-14-23(36-6)15-13-20)18-22-16-21-11-8-10-19(2)25(21)29-27(22)35/h8,10-16,24H,7,9,17-18H2,1-6H3,(H,29,35)/t24-/m1/s1. The molecular formula is C28H36N6O2. The van der Waals surface area contributed by atoms with Gasteiger partial charge in [0.15, 0.2) is 5.82 Å². The van der Waals surface area contributed by atoms with Crippen LogP contribution in [-0.4, -0.2) is 37.2 Å². The highest BCUT2D eigenvalue weighted by Gasteiger charge is 2.30. The number of rotatable bonds is 9. The summed E-state index contributed by atoms with van der Waals surface area (Å²) in [5.74, 6) is 1.62. The first-order valence-electron chi connectivity index (χ1n) is 12.5. The zero-order valence-corrected chi connectivity index (χ0v) is 22.1. The second-order valence-electron chi connectivity index (χ2n) is 10.3. The summed E-state index contributed by atoms with van der Waals surface area (Å²) in [6.45, 7) is 11.6. The molecule has 190 valence electrons. The molecule has 0 saturated heterocycles. The van der Waals surface area contributed by atoms with E-state index < -0.39 is 0 Å². The largest absolute Gasteiger partial charge is 0.497 e. The molecule has 1 N–H and O–H groups in total. The van der Waals surface area contributed by atoms with Crippen molar-refractivity contribution in [2.75, 3.05) is 7.11 Å². The van der Waals surface area contributed by atoms with Gasteiger partial charge in [0.1, 0.15) is 5.75 Å². The lowest BCUT2D eigenvalue weighted by atomic mass is 10.0. The van der Waals surface area contributed by atoms with Gasteiger partial charge in [0.2, 0.25) is 0 Å². The lowest BCUT2D eigenvalue weighted by Gasteiger charge is -2.33. The summed E-state index contributed by atoms with van der Waals surface area (Å²) >= 11 is 0. The van der Waals surface area contributed by atoms with Crippen molar-refractivity contribution in [3.8, 4) is 5.75 Å². The van der Waals surface area contributed by atoms with E-state index in [1.54, 1.807) is 7.11 Å². The van der Waals surface area contributed by atoms with Crippen molar-refractivity contribution in [3.63, 3.8) is 0 Å².